The van der Waals surface area contributed by atoms with Crippen molar-refractivity contribution in [3.63, 3.8) is 0 Å². The molecule has 6 nitrogen and oxygen atoms in total. The summed E-state index contributed by atoms with van der Waals surface area (Å²) < 4.78 is 12.1. The van der Waals surface area contributed by atoms with Crippen LogP contribution in [-0.2, 0) is 6.54 Å². The number of hydrogen-bond acceptors (Lipinski definition) is 6. The number of Topliss-reactive ketones (excluding diaryl/α,β-unsaturated/α-hetero) is 1. The van der Waals surface area contributed by atoms with Crippen LogP contribution in [0.25, 0.3) is 11.5 Å². The van der Waals surface area contributed by atoms with Crippen LogP contribution in [0.4, 0.5) is 0 Å². The predicted octanol–water partition coefficient (Wildman–Crippen LogP) is 4.39. The third kappa shape index (κ3) is 3.66. The number of carbonyl (C=O) groups excluding carboxylic acids is 1. The number of ether oxygens (including phenoxy) is 1. The highest BCUT2D eigenvalue weighted by Gasteiger charge is 2.42. The normalized spacial score (nSPS) is 18.4. The van der Waals surface area contributed by atoms with E-state index in [1.807, 2.05) is 36.4 Å². The predicted molar refractivity (Wildman–Crippen MR) is 108 cm³/mol. The number of nitrogens with zero attached hydrogens (tertiary/aromatic N) is 3. The minimum Gasteiger partial charge on any atom is -0.486 e. The SMILES string of the molecule is O=C1CC2(CCN(Cc3nnc(-c4ccc(Cl)cc4)o3)CC2)Oc2ccccc21. The summed E-state index contributed by atoms with van der Waals surface area (Å²) in [5.74, 6) is 1.95. The molecule has 29 heavy (non-hydrogen) atoms. The van der Waals surface area contributed by atoms with Crippen molar-refractivity contribution in [1.29, 1.82) is 0 Å². The Morgan fingerprint density at radius 2 is 1.79 bits per heavy atom. The summed E-state index contributed by atoms with van der Waals surface area (Å²) >= 11 is 5.93. The number of carbonyl (C=O) groups is 1. The second kappa shape index (κ2) is 7.28. The quantitative estimate of drug-likeness (QED) is 0.639. The van der Waals surface area contributed by atoms with Gasteiger partial charge in [0.15, 0.2) is 5.78 Å². The van der Waals surface area contributed by atoms with Crippen molar-refractivity contribution >= 4 is 17.4 Å². The number of ketones is 1. The van der Waals surface area contributed by atoms with Gasteiger partial charge in [-0.3, -0.25) is 9.69 Å². The van der Waals surface area contributed by atoms with Gasteiger partial charge in [-0.2, -0.15) is 0 Å². The Bertz CT molecular complexity index is 1040. The molecule has 0 bridgehead atoms. The Hall–Kier alpha value is -2.70. The number of rotatable bonds is 3. The van der Waals surface area contributed by atoms with E-state index in [1.165, 1.54) is 0 Å². The van der Waals surface area contributed by atoms with Crippen LogP contribution in [0.5, 0.6) is 5.75 Å². The van der Waals surface area contributed by atoms with Gasteiger partial charge in [0.1, 0.15) is 11.4 Å². The third-order valence-electron chi connectivity index (χ3n) is 5.68. The summed E-state index contributed by atoms with van der Waals surface area (Å²) in [5.41, 5.74) is 1.14. The van der Waals surface area contributed by atoms with Gasteiger partial charge < -0.3 is 9.15 Å². The monoisotopic (exact) mass is 409 g/mol. The van der Waals surface area contributed by atoms with Crippen molar-refractivity contribution in [2.45, 2.75) is 31.4 Å². The highest BCUT2D eigenvalue weighted by Crippen LogP contribution is 2.39. The van der Waals surface area contributed by atoms with E-state index in [9.17, 15) is 4.79 Å². The lowest BCUT2D eigenvalue weighted by atomic mass is 9.82. The average molecular weight is 410 g/mol. The molecule has 5 rings (SSSR count). The van der Waals surface area contributed by atoms with E-state index < -0.39 is 5.60 Å². The van der Waals surface area contributed by atoms with Crippen LogP contribution in [0.15, 0.2) is 52.9 Å². The number of likely N-dealkylation sites (tertiary alicyclic amines) is 1. The van der Waals surface area contributed by atoms with E-state index in [2.05, 4.69) is 15.1 Å². The van der Waals surface area contributed by atoms with Crippen LogP contribution in [0.3, 0.4) is 0 Å². The molecule has 3 aromatic rings. The molecule has 0 aliphatic carbocycles. The number of fused-ring (bicyclic) bond motifs is 1. The number of hydrogen-bond donors (Lipinski definition) is 0. The van der Waals surface area contributed by atoms with Crippen LogP contribution in [0.1, 0.15) is 35.5 Å². The van der Waals surface area contributed by atoms with Crippen LogP contribution in [-0.4, -0.2) is 39.6 Å². The smallest absolute Gasteiger partial charge is 0.247 e. The van der Waals surface area contributed by atoms with Crippen molar-refractivity contribution in [2.75, 3.05) is 13.1 Å². The van der Waals surface area contributed by atoms with Gasteiger partial charge in [-0.15, -0.1) is 10.2 Å². The summed E-state index contributed by atoms with van der Waals surface area (Å²) in [6.07, 6.45) is 2.04. The molecule has 3 heterocycles. The van der Waals surface area contributed by atoms with Crippen LogP contribution < -0.4 is 4.74 Å². The van der Waals surface area contributed by atoms with Crippen molar-refractivity contribution in [3.05, 3.63) is 65.0 Å². The van der Waals surface area contributed by atoms with E-state index >= 15 is 0 Å². The van der Waals surface area contributed by atoms with Gasteiger partial charge in [0.05, 0.1) is 18.5 Å². The molecule has 1 fully saturated rings. The molecule has 0 unspecified atom stereocenters. The summed E-state index contributed by atoms with van der Waals surface area (Å²) in [6.45, 7) is 2.21. The van der Waals surface area contributed by atoms with Crippen LogP contribution in [0, 0.1) is 0 Å². The molecule has 1 aromatic heterocycles. The zero-order chi connectivity index (χ0) is 19.8. The number of benzene rings is 2. The zero-order valence-electron chi connectivity index (χ0n) is 15.8. The minimum absolute atomic E-state index is 0.171. The van der Waals surface area contributed by atoms with Crippen LogP contribution >= 0.6 is 11.6 Å². The Kier molecular flexibility index (Phi) is 4.60. The summed E-state index contributed by atoms with van der Waals surface area (Å²) in [4.78, 5) is 14.8. The maximum absolute atomic E-state index is 12.6. The lowest BCUT2D eigenvalue weighted by molar-refractivity contribution is -0.0122. The molecule has 0 N–H and O–H groups in total. The molecule has 1 spiro atoms. The highest BCUT2D eigenvalue weighted by atomic mass is 35.5. The zero-order valence-corrected chi connectivity index (χ0v) is 16.6. The second-order valence-corrected chi connectivity index (χ2v) is 8.10. The Morgan fingerprint density at radius 1 is 1.03 bits per heavy atom. The Balaban J connectivity index is 1.23. The van der Waals surface area contributed by atoms with E-state index in [0.717, 1.165) is 31.5 Å². The topological polar surface area (TPSA) is 68.5 Å². The molecule has 148 valence electrons. The number of halogens is 1. The van der Waals surface area contributed by atoms with E-state index in [0.29, 0.717) is 41.1 Å². The molecule has 0 atom stereocenters. The van der Waals surface area contributed by atoms with Gasteiger partial charge >= 0.3 is 0 Å². The minimum atomic E-state index is -0.398. The van der Waals surface area contributed by atoms with Gasteiger partial charge in [0.25, 0.3) is 0 Å². The van der Waals surface area contributed by atoms with Gasteiger partial charge in [0.2, 0.25) is 11.8 Å². The largest absolute Gasteiger partial charge is 0.486 e. The summed E-state index contributed by atoms with van der Waals surface area (Å²) in [6, 6.07) is 14.8. The molecule has 1 saturated heterocycles. The second-order valence-electron chi connectivity index (χ2n) is 7.67. The van der Waals surface area contributed by atoms with Crippen molar-refractivity contribution in [2.24, 2.45) is 0 Å². The van der Waals surface area contributed by atoms with Gasteiger partial charge in [0, 0.05) is 36.5 Å². The van der Waals surface area contributed by atoms with E-state index in [-0.39, 0.29) is 5.78 Å². The maximum Gasteiger partial charge on any atom is 0.247 e. The average Bonchev–Trinajstić information content (AvgIpc) is 3.19. The van der Waals surface area contributed by atoms with Crippen molar-refractivity contribution < 1.29 is 13.9 Å². The lowest BCUT2D eigenvalue weighted by Gasteiger charge is -2.43. The number of piperidine rings is 1. The first kappa shape index (κ1) is 18.3. The van der Waals surface area contributed by atoms with Crippen LogP contribution in [0.2, 0.25) is 5.02 Å². The molecule has 7 heteroatoms. The number of para-hydroxylation sites is 1. The molecule has 0 saturated carbocycles. The fraction of sp³-hybridized carbons (Fsp3) is 0.318. The van der Waals surface area contributed by atoms with Crippen molar-refractivity contribution in [1.82, 2.24) is 15.1 Å². The lowest BCUT2D eigenvalue weighted by Crippen LogP contribution is -2.50. The number of aromatic nitrogens is 2. The Morgan fingerprint density at radius 3 is 2.59 bits per heavy atom. The first-order valence-corrected chi connectivity index (χ1v) is 10.1. The Labute approximate surface area is 173 Å². The third-order valence-corrected chi connectivity index (χ3v) is 5.93. The molecular weight excluding hydrogens is 390 g/mol. The molecule has 2 aliphatic heterocycles. The fourth-order valence-corrected chi connectivity index (χ4v) is 4.18. The molecular formula is C22H20ClN3O3. The molecule has 2 aromatic carbocycles. The molecule has 2 aliphatic rings. The summed E-state index contributed by atoms with van der Waals surface area (Å²) in [5, 5.41) is 8.99. The van der Waals surface area contributed by atoms with E-state index in [1.54, 1.807) is 12.1 Å². The van der Waals surface area contributed by atoms with Gasteiger partial charge in [-0.1, -0.05) is 23.7 Å². The van der Waals surface area contributed by atoms with Crippen molar-refractivity contribution in [3.8, 4) is 17.2 Å². The maximum atomic E-state index is 12.6. The molecule has 0 amide bonds. The van der Waals surface area contributed by atoms with E-state index in [4.69, 9.17) is 20.8 Å². The fourth-order valence-electron chi connectivity index (χ4n) is 4.06. The molecule has 0 radical (unpaired) electrons. The highest BCUT2D eigenvalue weighted by molar-refractivity contribution is 6.30. The standard InChI is InChI=1S/C22H20ClN3O3/c23-16-7-5-15(6-8-16)21-25-24-20(28-21)14-26-11-9-22(10-12-26)13-18(27)17-3-1-2-4-19(17)29-22/h1-8H,9-14H2. The first-order chi connectivity index (χ1) is 14.1. The van der Waals surface area contributed by atoms with Gasteiger partial charge in [-0.25, -0.2) is 0 Å². The van der Waals surface area contributed by atoms with Gasteiger partial charge in [-0.05, 0) is 36.4 Å². The summed E-state index contributed by atoms with van der Waals surface area (Å²) in [7, 11) is 0. The first-order valence-electron chi connectivity index (χ1n) is 9.72.